The Morgan fingerprint density at radius 3 is 3.04 bits per heavy atom. The number of aromatic nitrogens is 3. The number of hydrogen-bond donors (Lipinski definition) is 1. The average molecular weight is 384 g/mol. The van der Waals surface area contributed by atoms with Gasteiger partial charge in [-0.05, 0) is 49.9 Å². The Hall–Kier alpha value is -2.87. The largest absolute Gasteiger partial charge is 0.469 e. The van der Waals surface area contributed by atoms with Crippen molar-refractivity contribution in [1.29, 1.82) is 0 Å². The van der Waals surface area contributed by atoms with E-state index < -0.39 is 0 Å². The highest BCUT2D eigenvalue weighted by atomic mass is 32.1. The van der Waals surface area contributed by atoms with Crippen molar-refractivity contribution in [3.63, 3.8) is 0 Å². The van der Waals surface area contributed by atoms with Crippen LogP contribution in [0.25, 0.3) is 15.7 Å². The highest BCUT2D eigenvalue weighted by molar-refractivity contribution is 7.16. The van der Waals surface area contributed by atoms with Gasteiger partial charge in [0.1, 0.15) is 28.5 Å². The van der Waals surface area contributed by atoms with E-state index in [-0.39, 0.29) is 24.1 Å². The number of nitrogens with zero attached hydrogens (tertiary/aromatic N) is 3. The van der Waals surface area contributed by atoms with Gasteiger partial charge in [-0.1, -0.05) is 0 Å². The predicted octanol–water partition coefficient (Wildman–Crippen LogP) is 2.75. The minimum atomic E-state index is -0.262. The number of thiophene rings is 1. The van der Waals surface area contributed by atoms with Crippen LogP contribution in [0.3, 0.4) is 0 Å². The molecule has 7 nitrogen and oxygen atoms in total. The van der Waals surface area contributed by atoms with Crippen molar-refractivity contribution in [2.24, 2.45) is 0 Å². The van der Waals surface area contributed by atoms with Crippen LogP contribution in [0.4, 0.5) is 0 Å². The molecule has 4 rings (SSSR count). The first-order valence-electron chi connectivity index (χ1n) is 8.81. The lowest BCUT2D eigenvalue weighted by atomic mass is 10.1. The first-order valence-corrected chi connectivity index (χ1v) is 9.69. The number of amides is 1. The van der Waals surface area contributed by atoms with Gasteiger partial charge in [0.2, 0.25) is 5.91 Å². The molecule has 1 N–H and O–H groups in total. The van der Waals surface area contributed by atoms with Gasteiger partial charge in [-0.25, -0.2) is 4.68 Å². The molecule has 1 atom stereocenters. The number of fused-ring (bicyclic) bond motifs is 3. The number of hydrogen-bond acceptors (Lipinski definition) is 5. The molecule has 0 fully saturated rings. The summed E-state index contributed by atoms with van der Waals surface area (Å²) in [5.74, 6) is 1.35. The highest BCUT2D eigenvalue weighted by Gasteiger charge is 2.15. The van der Waals surface area contributed by atoms with E-state index >= 15 is 0 Å². The zero-order valence-electron chi connectivity index (χ0n) is 15.1. The summed E-state index contributed by atoms with van der Waals surface area (Å²) in [6, 6.07) is 7.56. The molecule has 27 heavy (non-hydrogen) atoms. The van der Waals surface area contributed by atoms with E-state index in [0.29, 0.717) is 11.3 Å². The summed E-state index contributed by atoms with van der Waals surface area (Å²) in [7, 11) is 0. The maximum Gasteiger partial charge on any atom is 0.291 e. The van der Waals surface area contributed by atoms with Crippen molar-refractivity contribution in [3.8, 4) is 0 Å². The van der Waals surface area contributed by atoms with Crippen molar-refractivity contribution >= 4 is 33.0 Å². The second-order valence-electron chi connectivity index (χ2n) is 6.64. The first kappa shape index (κ1) is 17.5. The van der Waals surface area contributed by atoms with Gasteiger partial charge >= 0.3 is 0 Å². The smallest absolute Gasteiger partial charge is 0.291 e. The molecule has 4 heterocycles. The Bertz CT molecular complexity index is 1150. The van der Waals surface area contributed by atoms with Crippen LogP contribution >= 0.6 is 11.3 Å². The zero-order valence-corrected chi connectivity index (χ0v) is 16.0. The standard InChI is InChI=1S/C19H20N4O3S/c1-12(5-6-15-4-3-8-26-15)20-17(24)11-22-18(25)16-10-14-7-9-27-19(14)23(16)13(2)21-22/h3-4,7-10,12H,5-6,11H2,1-2H3,(H,20,24)/t12-/m1/s1. The second-order valence-corrected chi connectivity index (χ2v) is 7.54. The van der Waals surface area contributed by atoms with Crippen LogP contribution in [0, 0.1) is 6.92 Å². The van der Waals surface area contributed by atoms with E-state index in [1.54, 1.807) is 17.6 Å². The molecule has 0 bridgehead atoms. The van der Waals surface area contributed by atoms with Crippen molar-refractivity contribution in [3.05, 3.63) is 57.8 Å². The topological polar surface area (TPSA) is 81.5 Å². The van der Waals surface area contributed by atoms with Crippen LogP contribution < -0.4 is 10.9 Å². The van der Waals surface area contributed by atoms with Gasteiger partial charge in [0, 0.05) is 17.8 Å². The Kier molecular flexibility index (Phi) is 4.57. The molecular formula is C19H20N4O3S. The monoisotopic (exact) mass is 384 g/mol. The molecule has 1 amide bonds. The molecule has 0 aliphatic carbocycles. The average Bonchev–Trinajstić information content (AvgIpc) is 3.33. The second kappa shape index (κ2) is 7.03. The highest BCUT2D eigenvalue weighted by Crippen LogP contribution is 2.24. The quantitative estimate of drug-likeness (QED) is 0.554. The molecule has 4 aromatic rings. The fraction of sp³-hybridized carbons (Fsp3) is 0.316. The number of furan rings is 1. The minimum Gasteiger partial charge on any atom is -0.469 e. The normalized spacial score (nSPS) is 12.7. The molecule has 0 aliphatic heterocycles. The number of nitrogens with one attached hydrogen (secondary N) is 1. The molecule has 140 valence electrons. The summed E-state index contributed by atoms with van der Waals surface area (Å²) in [6.07, 6.45) is 3.15. The van der Waals surface area contributed by atoms with Gasteiger partial charge in [0.15, 0.2) is 0 Å². The van der Waals surface area contributed by atoms with Crippen LogP contribution in [-0.4, -0.2) is 26.1 Å². The molecule has 0 radical (unpaired) electrons. The van der Waals surface area contributed by atoms with Crippen LogP contribution in [-0.2, 0) is 17.8 Å². The van der Waals surface area contributed by atoms with E-state index in [0.717, 1.165) is 28.8 Å². The van der Waals surface area contributed by atoms with Gasteiger partial charge in [0.05, 0.1) is 6.26 Å². The third-order valence-corrected chi connectivity index (χ3v) is 5.47. The summed E-state index contributed by atoms with van der Waals surface area (Å²) < 4.78 is 8.39. The summed E-state index contributed by atoms with van der Waals surface area (Å²) in [6.45, 7) is 3.68. The Morgan fingerprint density at radius 1 is 1.41 bits per heavy atom. The lowest BCUT2D eigenvalue weighted by Crippen LogP contribution is -2.39. The Labute approximate surface area is 159 Å². The molecule has 0 spiro atoms. The molecule has 0 saturated heterocycles. The van der Waals surface area contributed by atoms with Gasteiger partial charge in [-0.3, -0.25) is 14.0 Å². The van der Waals surface area contributed by atoms with Crippen LogP contribution in [0.5, 0.6) is 0 Å². The van der Waals surface area contributed by atoms with Crippen molar-refractivity contribution in [2.75, 3.05) is 0 Å². The maximum atomic E-state index is 12.7. The van der Waals surface area contributed by atoms with Crippen molar-refractivity contribution < 1.29 is 9.21 Å². The van der Waals surface area contributed by atoms with E-state index in [9.17, 15) is 9.59 Å². The van der Waals surface area contributed by atoms with Crippen LogP contribution in [0.2, 0.25) is 0 Å². The molecular weight excluding hydrogens is 364 g/mol. The van der Waals surface area contributed by atoms with Gasteiger partial charge in [-0.15, -0.1) is 11.3 Å². The number of carbonyl (C=O) groups excluding carboxylic acids is 1. The third-order valence-electron chi connectivity index (χ3n) is 4.56. The van der Waals surface area contributed by atoms with Gasteiger partial charge in [-0.2, -0.15) is 5.10 Å². The molecule has 0 aromatic carbocycles. The van der Waals surface area contributed by atoms with Gasteiger partial charge in [0.25, 0.3) is 5.56 Å². The van der Waals surface area contributed by atoms with Crippen molar-refractivity contribution in [2.45, 2.75) is 39.3 Å². The van der Waals surface area contributed by atoms with Crippen LogP contribution in [0.1, 0.15) is 24.9 Å². The molecule has 8 heteroatoms. The number of carbonyl (C=O) groups is 1. The summed E-state index contributed by atoms with van der Waals surface area (Å²) >= 11 is 1.57. The zero-order chi connectivity index (χ0) is 19.0. The third kappa shape index (κ3) is 3.40. The lowest BCUT2D eigenvalue weighted by molar-refractivity contribution is -0.122. The lowest BCUT2D eigenvalue weighted by Gasteiger charge is -2.14. The van der Waals surface area contributed by atoms with E-state index in [4.69, 9.17) is 4.42 Å². The predicted molar refractivity (Wildman–Crippen MR) is 104 cm³/mol. The van der Waals surface area contributed by atoms with Gasteiger partial charge < -0.3 is 9.73 Å². The molecule has 0 unspecified atom stereocenters. The minimum absolute atomic E-state index is 0.0261. The fourth-order valence-electron chi connectivity index (χ4n) is 3.25. The SMILES string of the molecule is Cc1nn(CC(=O)N[C@H](C)CCc2ccco2)c(=O)c2cc3ccsc3n12. The fourth-order valence-corrected chi connectivity index (χ4v) is 4.19. The Morgan fingerprint density at radius 2 is 2.26 bits per heavy atom. The molecule has 0 saturated carbocycles. The van der Waals surface area contributed by atoms with Crippen LogP contribution in [0.15, 0.2) is 45.1 Å². The van der Waals surface area contributed by atoms with E-state index in [1.165, 1.54) is 4.68 Å². The first-order chi connectivity index (χ1) is 13.0. The van der Waals surface area contributed by atoms with E-state index in [2.05, 4.69) is 10.4 Å². The van der Waals surface area contributed by atoms with Crippen molar-refractivity contribution in [1.82, 2.24) is 19.5 Å². The maximum absolute atomic E-state index is 12.7. The van der Waals surface area contributed by atoms with E-state index in [1.807, 2.05) is 47.9 Å². The Balaban J connectivity index is 1.48. The molecule has 0 aliphatic rings. The summed E-state index contributed by atoms with van der Waals surface area (Å²) in [4.78, 5) is 26.1. The summed E-state index contributed by atoms with van der Waals surface area (Å²) in [5, 5.41) is 10.3. The summed E-state index contributed by atoms with van der Waals surface area (Å²) in [5.41, 5.74) is 0.283. The number of rotatable bonds is 6. The molecule has 4 aromatic heterocycles. The number of aryl methyl sites for hydroxylation is 2.